The summed E-state index contributed by atoms with van der Waals surface area (Å²) in [6.07, 6.45) is 5.76. The van der Waals surface area contributed by atoms with Crippen LogP contribution >= 0.6 is 0 Å². The van der Waals surface area contributed by atoms with Gasteiger partial charge in [0.15, 0.2) is 0 Å². The molecule has 2 atom stereocenters. The molecule has 0 heterocycles. The van der Waals surface area contributed by atoms with Crippen molar-refractivity contribution in [3.05, 3.63) is 0 Å². The van der Waals surface area contributed by atoms with Gasteiger partial charge in [-0.1, -0.05) is 19.8 Å². The molecule has 0 radical (unpaired) electrons. The highest BCUT2D eigenvalue weighted by molar-refractivity contribution is 4.77. The Bertz CT molecular complexity index is 146. The standard InChI is InChI=1S/C12H25N/c1-10-6-5-7-11(8-10)9-13-12(2,3)4/h10-11,13H,5-9H2,1-4H3. The Labute approximate surface area is 83.3 Å². The molecule has 1 aliphatic rings. The van der Waals surface area contributed by atoms with Crippen molar-refractivity contribution in [2.75, 3.05) is 6.54 Å². The summed E-state index contributed by atoms with van der Waals surface area (Å²) < 4.78 is 0. The third kappa shape index (κ3) is 4.66. The Balaban J connectivity index is 2.21. The van der Waals surface area contributed by atoms with Gasteiger partial charge in [0.2, 0.25) is 0 Å². The topological polar surface area (TPSA) is 12.0 Å². The molecule has 13 heavy (non-hydrogen) atoms. The normalized spacial score (nSPS) is 30.5. The van der Waals surface area contributed by atoms with Gasteiger partial charge in [-0.15, -0.1) is 0 Å². The van der Waals surface area contributed by atoms with Gasteiger partial charge in [0.1, 0.15) is 0 Å². The molecule has 0 aromatic heterocycles. The molecule has 2 unspecified atom stereocenters. The van der Waals surface area contributed by atoms with Gasteiger partial charge in [-0.2, -0.15) is 0 Å². The van der Waals surface area contributed by atoms with Crippen LogP contribution < -0.4 is 5.32 Å². The first-order valence-corrected chi connectivity index (χ1v) is 5.72. The van der Waals surface area contributed by atoms with E-state index in [9.17, 15) is 0 Å². The minimum Gasteiger partial charge on any atom is -0.312 e. The molecule has 1 fully saturated rings. The molecular weight excluding hydrogens is 158 g/mol. The van der Waals surface area contributed by atoms with E-state index in [1.54, 1.807) is 0 Å². The maximum atomic E-state index is 3.61. The highest BCUT2D eigenvalue weighted by Gasteiger charge is 2.20. The summed E-state index contributed by atoms with van der Waals surface area (Å²) in [4.78, 5) is 0. The second kappa shape index (κ2) is 4.45. The average Bonchev–Trinajstić information content (AvgIpc) is 2.00. The van der Waals surface area contributed by atoms with Gasteiger partial charge in [-0.05, 0) is 52.0 Å². The van der Waals surface area contributed by atoms with Gasteiger partial charge in [0.05, 0.1) is 0 Å². The van der Waals surface area contributed by atoms with Crippen LogP contribution in [0.2, 0.25) is 0 Å². The SMILES string of the molecule is CC1CCCC(CNC(C)(C)C)C1. The third-order valence-corrected chi connectivity index (χ3v) is 2.97. The molecule has 1 rings (SSSR count). The van der Waals surface area contributed by atoms with E-state index in [2.05, 4.69) is 33.0 Å². The lowest BCUT2D eigenvalue weighted by molar-refractivity contribution is 0.255. The number of hydrogen-bond acceptors (Lipinski definition) is 1. The summed E-state index contributed by atoms with van der Waals surface area (Å²) in [5, 5.41) is 3.61. The molecule has 0 aromatic carbocycles. The number of nitrogens with one attached hydrogen (secondary N) is 1. The van der Waals surface area contributed by atoms with Crippen LogP contribution in [-0.4, -0.2) is 12.1 Å². The minimum absolute atomic E-state index is 0.292. The van der Waals surface area contributed by atoms with Gasteiger partial charge in [0.25, 0.3) is 0 Å². The van der Waals surface area contributed by atoms with Crippen LogP contribution in [0.3, 0.4) is 0 Å². The van der Waals surface area contributed by atoms with Crippen LogP contribution in [0.4, 0.5) is 0 Å². The second-order valence-corrected chi connectivity index (χ2v) is 5.77. The lowest BCUT2D eigenvalue weighted by Gasteiger charge is -2.30. The molecule has 0 aromatic rings. The maximum Gasteiger partial charge on any atom is 0.00966 e. The van der Waals surface area contributed by atoms with Crippen molar-refractivity contribution in [2.45, 2.75) is 58.9 Å². The first-order chi connectivity index (χ1) is 5.97. The van der Waals surface area contributed by atoms with Crippen LogP contribution in [0, 0.1) is 11.8 Å². The fraction of sp³-hybridized carbons (Fsp3) is 1.00. The highest BCUT2D eigenvalue weighted by Crippen LogP contribution is 2.28. The lowest BCUT2D eigenvalue weighted by Crippen LogP contribution is -2.40. The molecule has 1 N–H and O–H groups in total. The van der Waals surface area contributed by atoms with Crippen molar-refractivity contribution in [3.63, 3.8) is 0 Å². The van der Waals surface area contributed by atoms with E-state index in [4.69, 9.17) is 0 Å². The van der Waals surface area contributed by atoms with Crippen LogP contribution in [0.25, 0.3) is 0 Å². The molecule has 0 bridgehead atoms. The summed E-state index contributed by atoms with van der Waals surface area (Å²) in [7, 11) is 0. The molecule has 0 amide bonds. The summed E-state index contributed by atoms with van der Waals surface area (Å²) in [6, 6.07) is 0. The first kappa shape index (κ1) is 11.0. The number of hydrogen-bond donors (Lipinski definition) is 1. The lowest BCUT2D eigenvalue weighted by atomic mass is 9.82. The van der Waals surface area contributed by atoms with E-state index >= 15 is 0 Å². The Kier molecular flexibility index (Phi) is 3.78. The predicted octanol–water partition coefficient (Wildman–Crippen LogP) is 3.20. The van der Waals surface area contributed by atoms with Crippen molar-refractivity contribution in [2.24, 2.45) is 11.8 Å². The fourth-order valence-electron chi connectivity index (χ4n) is 2.20. The van der Waals surface area contributed by atoms with Gasteiger partial charge in [-0.25, -0.2) is 0 Å². The summed E-state index contributed by atoms with van der Waals surface area (Å²) >= 11 is 0. The van der Waals surface area contributed by atoms with Crippen molar-refractivity contribution in [1.29, 1.82) is 0 Å². The van der Waals surface area contributed by atoms with Crippen LogP contribution in [0.5, 0.6) is 0 Å². The monoisotopic (exact) mass is 183 g/mol. The van der Waals surface area contributed by atoms with Gasteiger partial charge in [-0.3, -0.25) is 0 Å². The molecular formula is C12H25N. The quantitative estimate of drug-likeness (QED) is 0.693. The Morgan fingerprint density at radius 3 is 2.46 bits per heavy atom. The fourth-order valence-corrected chi connectivity index (χ4v) is 2.20. The Hall–Kier alpha value is -0.0400. The van der Waals surface area contributed by atoms with Gasteiger partial charge in [0, 0.05) is 5.54 Å². The first-order valence-electron chi connectivity index (χ1n) is 5.72. The van der Waals surface area contributed by atoms with E-state index in [-0.39, 0.29) is 0 Å². The van der Waals surface area contributed by atoms with Gasteiger partial charge >= 0.3 is 0 Å². The van der Waals surface area contributed by atoms with Crippen molar-refractivity contribution in [1.82, 2.24) is 5.32 Å². The molecule has 1 heteroatoms. The van der Waals surface area contributed by atoms with E-state index in [1.165, 1.54) is 32.2 Å². The zero-order chi connectivity index (χ0) is 9.90. The third-order valence-electron chi connectivity index (χ3n) is 2.97. The minimum atomic E-state index is 0.292. The maximum absolute atomic E-state index is 3.61. The predicted molar refractivity (Wildman–Crippen MR) is 58.9 cm³/mol. The Morgan fingerprint density at radius 2 is 1.92 bits per heavy atom. The van der Waals surface area contributed by atoms with E-state index in [1.807, 2.05) is 0 Å². The molecule has 78 valence electrons. The zero-order valence-electron chi connectivity index (χ0n) is 9.69. The largest absolute Gasteiger partial charge is 0.312 e. The zero-order valence-corrected chi connectivity index (χ0v) is 9.69. The summed E-state index contributed by atoms with van der Waals surface area (Å²) in [6.45, 7) is 10.4. The van der Waals surface area contributed by atoms with E-state index in [0.29, 0.717) is 5.54 Å². The summed E-state index contributed by atoms with van der Waals surface area (Å²) in [5.74, 6) is 1.89. The van der Waals surface area contributed by atoms with Crippen molar-refractivity contribution < 1.29 is 0 Å². The van der Waals surface area contributed by atoms with Crippen LogP contribution in [0.15, 0.2) is 0 Å². The van der Waals surface area contributed by atoms with Crippen LogP contribution in [0.1, 0.15) is 53.4 Å². The molecule has 0 saturated heterocycles. The molecule has 0 aliphatic heterocycles. The Morgan fingerprint density at radius 1 is 1.23 bits per heavy atom. The van der Waals surface area contributed by atoms with Crippen molar-refractivity contribution >= 4 is 0 Å². The number of rotatable bonds is 2. The summed E-state index contributed by atoms with van der Waals surface area (Å²) in [5.41, 5.74) is 0.292. The molecule has 0 spiro atoms. The average molecular weight is 183 g/mol. The molecule has 1 aliphatic carbocycles. The smallest absolute Gasteiger partial charge is 0.00966 e. The van der Waals surface area contributed by atoms with Gasteiger partial charge < -0.3 is 5.32 Å². The van der Waals surface area contributed by atoms with E-state index < -0.39 is 0 Å². The van der Waals surface area contributed by atoms with E-state index in [0.717, 1.165) is 11.8 Å². The second-order valence-electron chi connectivity index (χ2n) is 5.77. The molecule has 1 saturated carbocycles. The van der Waals surface area contributed by atoms with Crippen LogP contribution in [-0.2, 0) is 0 Å². The molecule has 1 nitrogen and oxygen atoms in total. The van der Waals surface area contributed by atoms with Crippen molar-refractivity contribution in [3.8, 4) is 0 Å². The highest BCUT2D eigenvalue weighted by atomic mass is 14.9.